The molecular formula is C26H34N4O2. The summed E-state index contributed by atoms with van der Waals surface area (Å²) in [7, 11) is 1.64. The minimum absolute atomic E-state index is 0.0879. The summed E-state index contributed by atoms with van der Waals surface area (Å²) in [6, 6.07) is 15.5. The van der Waals surface area contributed by atoms with Gasteiger partial charge in [0, 0.05) is 18.1 Å². The van der Waals surface area contributed by atoms with Crippen molar-refractivity contribution in [1.29, 1.82) is 0 Å². The number of carbonyl (C=O) groups is 1. The second-order valence-corrected chi connectivity index (χ2v) is 7.84. The molecule has 0 aliphatic carbocycles. The molecule has 0 aliphatic rings. The van der Waals surface area contributed by atoms with Gasteiger partial charge in [-0.2, -0.15) is 0 Å². The lowest BCUT2D eigenvalue weighted by Crippen LogP contribution is -2.31. The number of amides is 1. The first kappa shape index (κ1) is 23.5. The van der Waals surface area contributed by atoms with Crippen molar-refractivity contribution in [2.24, 2.45) is 0 Å². The Morgan fingerprint density at radius 1 is 0.969 bits per heavy atom. The maximum Gasteiger partial charge on any atom is 0.253 e. The van der Waals surface area contributed by atoms with Crippen LogP contribution in [-0.2, 0) is 0 Å². The summed E-state index contributed by atoms with van der Waals surface area (Å²) in [4.78, 5) is 19.9. The molecule has 0 atom stereocenters. The standard InChI is InChI=1S/C26H34N4O2/c1-4-16-30(17-5-2)18-10-15-27-26(31)22-19-28-25(21-12-7-6-11-20(21)22)29-23-13-8-9-14-24(23)32-3/h6-9,11-14,19H,4-5,10,15-18H2,1-3H3,(H,27,31)(H,28,29). The van der Waals surface area contributed by atoms with E-state index < -0.39 is 0 Å². The van der Waals surface area contributed by atoms with E-state index in [2.05, 4.69) is 34.4 Å². The van der Waals surface area contributed by atoms with Crippen LogP contribution >= 0.6 is 0 Å². The fourth-order valence-corrected chi connectivity index (χ4v) is 3.92. The highest BCUT2D eigenvalue weighted by atomic mass is 16.5. The van der Waals surface area contributed by atoms with Gasteiger partial charge in [0.2, 0.25) is 0 Å². The highest BCUT2D eigenvalue weighted by Gasteiger charge is 2.14. The normalized spacial score (nSPS) is 11.0. The van der Waals surface area contributed by atoms with Crippen LogP contribution in [0.1, 0.15) is 43.5 Å². The summed E-state index contributed by atoms with van der Waals surface area (Å²) < 4.78 is 5.44. The number of hydrogen-bond acceptors (Lipinski definition) is 5. The average molecular weight is 435 g/mol. The monoisotopic (exact) mass is 434 g/mol. The third kappa shape index (κ3) is 5.98. The molecule has 3 aromatic rings. The van der Waals surface area contributed by atoms with E-state index in [0.717, 1.165) is 61.1 Å². The zero-order valence-electron chi connectivity index (χ0n) is 19.4. The number of hydrogen-bond donors (Lipinski definition) is 2. The molecule has 0 spiro atoms. The van der Waals surface area contributed by atoms with Crippen molar-refractivity contribution in [1.82, 2.24) is 15.2 Å². The number of ether oxygens (including phenoxy) is 1. The lowest BCUT2D eigenvalue weighted by atomic mass is 10.1. The number of pyridine rings is 1. The Morgan fingerprint density at radius 3 is 2.38 bits per heavy atom. The van der Waals surface area contributed by atoms with Gasteiger partial charge in [0.05, 0.1) is 18.4 Å². The first-order chi connectivity index (χ1) is 15.7. The Labute approximate surface area is 191 Å². The van der Waals surface area contributed by atoms with E-state index in [1.165, 1.54) is 0 Å². The lowest BCUT2D eigenvalue weighted by molar-refractivity contribution is 0.0953. The highest BCUT2D eigenvalue weighted by Crippen LogP contribution is 2.31. The van der Waals surface area contributed by atoms with Crippen LogP contribution in [0.25, 0.3) is 10.8 Å². The van der Waals surface area contributed by atoms with E-state index in [4.69, 9.17) is 4.74 Å². The molecular weight excluding hydrogens is 400 g/mol. The second kappa shape index (κ2) is 12.1. The summed E-state index contributed by atoms with van der Waals surface area (Å²) >= 11 is 0. The molecule has 1 aromatic heterocycles. The van der Waals surface area contributed by atoms with Gasteiger partial charge in [-0.25, -0.2) is 4.98 Å². The van der Waals surface area contributed by atoms with Crippen LogP contribution in [0, 0.1) is 0 Å². The molecule has 0 bridgehead atoms. The first-order valence-electron chi connectivity index (χ1n) is 11.5. The Kier molecular flexibility index (Phi) is 8.87. The van der Waals surface area contributed by atoms with Crippen LogP contribution in [0.5, 0.6) is 5.75 Å². The second-order valence-electron chi connectivity index (χ2n) is 7.84. The summed E-state index contributed by atoms with van der Waals surface area (Å²) in [5.41, 5.74) is 1.42. The molecule has 0 radical (unpaired) electrons. The molecule has 0 aliphatic heterocycles. The Morgan fingerprint density at radius 2 is 1.66 bits per heavy atom. The highest BCUT2D eigenvalue weighted by molar-refractivity contribution is 6.09. The molecule has 1 heterocycles. The minimum Gasteiger partial charge on any atom is -0.495 e. The van der Waals surface area contributed by atoms with E-state index >= 15 is 0 Å². The number of aromatic nitrogens is 1. The fraction of sp³-hybridized carbons (Fsp3) is 0.385. The molecule has 0 unspecified atom stereocenters. The summed E-state index contributed by atoms with van der Waals surface area (Å²) in [5.74, 6) is 1.34. The average Bonchev–Trinajstić information content (AvgIpc) is 2.82. The van der Waals surface area contributed by atoms with Gasteiger partial charge in [-0.3, -0.25) is 4.79 Å². The zero-order chi connectivity index (χ0) is 22.8. The summed E-state index contributed by atoms with van der Waals surface area (Å²) in [6.45, 7) is 8.28. The number of rotatable bonds is 12. The van der Waals surface area contributed by atoms with Gasteiger partial charge in [-0.05, 0) is 56.4 Å². The van der Waals surface area contributed by atoms with Crippen LogP contribution in [0.3, 0.4) is 0 Å². The van der Waals surface area contributed by atoms with Crippen molar-refractivity contribution < 1.29 is 9.53 Å². The molecule has 0 saturated heterocycles. The van der Waals surface area contributed by atoms with Crippen LogP contribution in [-0.4, -0.2) is 49.1 Å². The van der Waals surface area contributed by atoms with Crippen molar-refractivity contribution in [2.75, 3.05) is 38.6 Å². The number of nitrogens with one attached hydrogen (secondary N) is 2. The maximum absolute atomic E-state index is 12.9. The molecule has 2 N–H and O–H groups in total. The molecule has 170 valence electrons. The number of nitrogens with zero attached hydrogens (tertiary/aromatic N) is 2. The Hall–Kier alpha value is -3.12. The van der Waals surface area contributed by atoms with E-state index in [-0.39, 0.29) is 5.91 Å². The van der Waals surface area contributed by atoms with E-state index in [1.807, 2.05) is 48.5 Å². The number of para-hydroxylation sites is 2. The van der Waals surface area contributed by atoms with Crippen LogP contribution in [0.4, 0.5) is 11.5 Å². The molecule has 3 rings (SSSR count). The van der Waals surface area contributed by atoms with Crippen molar-refractivity contribution in [3.8, 4) is 5.75 Å². The van der Waals surface area contributed by atoms with Crippen molar-refractivity contribution in [2.45, 2.75) is 33.1 Å². The number of benzene rings is 2. The number of methoxy groups -OCH3 is 1. The molecule has 6 heteroatoms. The smallest absolute Gasteiger partial charge is 0.253 e. The number of fused-ring (bicyclic) bond motifs is 1. The van der Waals surface area contributed by atoms with Gasteiger partial charge in [0.15, 0.2) is 0 Å². The van der Waals surface area contributed by atoms with E-state index in [9.17, 15) is 4.79 Å². The van der Waals surface area contributed by atoms with Crippen molar-refractivity contribution in [3.05, 3.63) is 60.3 Å². The van der Waals surface area contributed by atoms with Gasteiger partial charge >= 0.3 is 0 Å². The molecule has 32 heavy (non-hydrogen) atoms. The molecule has 1 amide bonds. The summed E-state index contributed by atoms with van der Waals surface area (Å²) in [6.07, 6.45) is 4.89. The topological polar surface area (TPSA) is 66.5 Å². The number of carbonyl (C=O) groups excluding carboxylic acids is 1. The Balaban J connectivity index is 1.71. The Bertz CT molecular complexity index is 1020. The maximum atomic E-state index is 12.9. The van der Waals surface area contributed by atoms with Gasteiger partial charge in [0.1, 0.15) is 11.6 Å². The predicted molar refractivity (Wildman–Crippen MR) is 132 cm³/mol. The zero-order valence-corrected chi connectivity index (χ0v) is 19.4. The van der Waals surface area contributed by atoms with Gasteiger partial charge < -0.3 is 20.3 Å². The van der Waals surface area contributed by atoms with Crippen molar-refractivity contribution >= 4 is 28.2 Å². The van der Waals surface area contributed by atoms with Gasteiger partial charge in [-0.15, -0.1) is 0 Å². The lowest BCUT2D eigenvalue weighted by Gasteiger charge is -2.20. The minimum atomic E-state index is -0.0879. The molecule has 2 aromatic carbocycles. The van der Waals surface area contributed by atoms with Crippen LogP contribution < -0.4 is 15.4 Å². The molecule has 0 saturated carbocycles. The first-order valence-corrected chi connectivity index (χ1v) is 11.5. The van der Waals surface area contributed by atoms with Gasteiger partial charge in [-0.1, -0.05) is 50.2 Å². The third-order valence-electron chi connectivity index (χ3n) is 5.42. The van der Waals surface area contributed by atoms with Gasteiger partial charge in [0.25, 0.3) is 5.91 Å². The predicted octanol–water partition coefficient (Wildman–Crippen LogP) is 5.23. The number of anilines is 2. The molecule has 6 nitrogen and oxygen atoms in total. The van der Waals surface area contributed by atoms with E-state index in [1.54, 1.807) is 13.3 Å². The quantitative estimate of drug-likeness (QED) is 0.382. The molecule has 0 fully saturated rings. The van der Waals surface area contributed by atoms with Crippen molar-refractivity contribution in [3.63, 3.8) is 0 Å². The third-order valence-corrected chi connectivity index (χ3v) is 5.42. The van der Waals surface area contributed by atoms with Crippen LogP contribution in [0.15, 0.2) is 54.7 Å². The van der Waals surface area contributed by atoms with E-state index in [0.29, 0.717) is 17.9 Å². The summed E-state index contributed by atoms with van der Waals surface area (Å²) in [5, 5.41) is 8.18. The largest absolute Gasteiger partial charge is 0.495 e. The van der Waals surface area contributed by atoms with Crippen LogP contribution in [0.2, 0.25) is 0 Å². The SMILES string of the molecule is CCCN(CCC)CCCNC(=O)c1cnc(Nc2ccccc2OC)c2ccccc12. The fourth-order valence-electron chi connectivity index (χ4n) is 3.92.